The summed E-state index contributed by atoms with van der Waals surface area (Å²) in [6.07, 6.45) is 0. The number of nitrogens with two attached hydrogens (primary N) is 2. The summed E-state index contributed by atoms with van der Waals surface area (Å²) in [6, 6.07) is 14.9. The zero-order chi connectivity index (χ0) is 20.3. The van der Waals surface area contributed by atoms with E-state index in [1.165, 1.54) is 11.3 Å². The highest BCUT2D eigenvalue weighted by molar-refractivity contribution is 7.87. The summed E-state index contributed by atoms with van der Waals surface area (Å²) in [7, 11) is -2.65. The second-order valence-electron chi connectivity index (χ2n) is 5.78. The van der Waals surface area contributed by atoms with Crippen molar-refractivity contribution < 1.29 is 22.2 Å². The first-order chi connectivity index (χ1) is 13.3. The predicted octanol–water partition coefficient (Wildman–Crippen LogP) is 2.29. The molecule has 0 unspecified atom stereocenters. The van der Waals surface area contributed by atoms with Gasteiger partial charge in [-0.2, -0.15) is 8.42 Å². The Kier molecular flexibility index (Phi) is 5.52. The van der Waals surface area contributed by atoms with E-state index in [-0.39, 0.29) is 0 Å². The van der Waals surface area contributed by atoms with Crippen LogP contribution in [0.5, 0.6) is 5.75 Å². The van der Waals surface area contributed by atoms with Crippen LogP contribution in [0.2, 0.25) is 0 Å². The van der Waals surface area contributed by atoms with Crippen LogP contribution in [-0.2, 0) is 14.4 Å². The van der Waals surface area contributed by atoms with E-state index in [2.05, 4.69) is 9.44 Å². The predicted molar refractivity (Wildman–Crippen MR) is 109 cm³/mol. The van der Waals surface area contributed by atoms with E-state index in [0.29, 0.717) is 10.6 Å². The van der Waals surface area contributed by atoms with Crippen molar-refractivity contribution in [2.75, 3.05) is 12.9 Å². The largest absolute Gasteiger partial charge is 0.497 e. The Morgan fingerprint density at radius 3 is 2.61 bits per heavy atom. The quantitative estimate of drug-likeness (QED) is 0.260. The number of methoxy groups -OCH3 is 1. The number of ether oxygens (including phenoxy) is 1. The van der Waals surface area contributed by atoms with Gasteiger partial charge in [0.05, 0.1) is 12.0 Å². The molecule has 0 aliphatic heterocycles. The maximum atomic E-state index is 12.4. The van der Waals surface area contributed by atoms with Gasteiger partial charge in [-0.1, -0.05) is 24.3 Å². The number of ketones is 1. The molecule has 1 aromatic heterocycles. The Morgan fingerprint density at radius 2 is 1.89 bits per heavy atom. The Morgan fingerprint density at radius 1 is 1.14 bits per heavy atom. The lowest BCUT2D eigenvalue weighted by molar-refractivity contribution is 0.102. The lowest BCUT2D eigenvalue weighted by Gasteiger charge is -2.06. The van der Waals surface area contributed by atoms with E-state index < -0.39 is 27.6 Å². The van der Waals surface area contributed by atoms with Crippen LogP contribution < -0.4 is 16.2 Å². The van der Waals surface area contributed by atoms with Crippen molar-refractivity contribution in [1.82, 2.24) is 0 Å². The summed E-state index contributed by atoms with van der Waals surface area (Å²) in [5.74, 6) is -1.32. The van der Waals surface area contributed by atoms with Crippen LogP contribution in [0.4, 0.5) is 0 Å². The fraction of sp³-hybridized carbons (Fsp3) is 0.111. The highest BCUT2D eigenvalue weighted by atomic mass is 32.2. The summed E-state index contributed by atoms with van der Waals surface area (Å²) in [5, 5.41) is 3.82. The van der Waals surface area contributed by atoms with Crippen LogP contribution in [-0.4, -0.2) is 33.0 Å². The normalized spacial score (nSPS) is 11.2. The minimum atomic E-state index is -4.24. The number of carbonyl (C=O) groups excluding carboxylic acids is 1. The fourth-order valence-corrected chi connectivity index (χ4v) is 4.44. The molecule has 1 heterocycles. The van der Waals surface area contributed by atoms with Crippen LogP contribution in [0, 0.1) is 0 Å². The molecule has 0 spiro atoms. The zero-order valence-corrected chi connectivity index (χ0v) is 16.4. The van der Waals surface area contributed by atoms with Crippen LogP contribution in [0.25, 0.3) is 21.2 Å². The minimum absolute atomic E-state index is 0.294. The average Bonchev–Trinajstić information content (AvgIpc) is 3.11. The average molecular weight is 419 g/mol. The number of oxime groups is 1. The molecule has 4 N–H and O–H groups in total. The van der Waals surface area contributed by atoms with Gasteiger partial charge in [0.25, 0.3) is 0 Å². The van der Waals surface area contributed by atoms with Gasteiger partial charge in [-0.05, 0) is 40.5 Å². The lowest BCUT2D eigenvalue weighted by Crippen LogP contribution is -2.24. The summed E-state index contributed by atoms with van der Waals surface area (Å²) < 4.78 is 34.0. The molecule has 0 saturated heterocycles. The zero-order valence-electron chi connectivity index (χ0n) is 14.8. The van der Waals surface area contributed by atoms with Gasteiger partial charge in [-0.25, -0.2) is 0 Å². The van der Waals surface area contributed by atoms with Gasteiger partial charge in [-0.15, -0.1) is 11.3 Å². The third-order valence-electron chi connectivity index (χ3n) is 3.78. The molecule has 3 rings (SSSR count). The maximum absolute atomic E-state index is 12.4. The van der Waals surface area contributed by atoms with Crippen LogP contribution in [0.1, 0.15) is 9.67 Å². The number of rotatable bonds is 7. The first kappa shape index (κ1) is 19.6. The molecule has 0 aliphatic rings. The maximum Gasteiger partial charge on any atom is 0.336 e. The highest BCUT2D eigenvalue weighted by Gasteiger charge is 2.22. The number of hydrogen-bond acceptors (Lipinski definition) is 7. The molecule has 0 saturated carbocycles. The van der Waals surface area contributed by atoms with E-state index in [0.717, 1.165) is 21.2 Å². The van der Waals surface area contributed by atoms with Crippen molar-refractivity contribution in [3.8, 4) is 16.9 Å². The number of carbonyl (C=O) groups is 1. The molecular formula is C18H17N3O5S2. The van der Waals surface area contributed by atoms with Crippen LogP contribution in [0.15, 0.2) is 53.7 Å². The van der Waals surface area contributed by atoms with Crippen LogP contribution >= 0.6 is 11.3 Å². The van der Waals surface area contributed by atoms with Crippen molar-refractivity contribution in [3.63, 3.8) is 0 Å². The number of hydrogen-bond donors (Lipinski definition) is 2. The third-order valence-corrected chi connectivity index (χ3v) is 5.84. The molecule has 0 atom stereocenters. The summed E-state index contributed by atoms with van der Waals surface area (Å²) in [5.41, 5.74) is 11.9. The van der Waals surface area contributed by atoms with Crippen molar-refractivity contribution in [2.24, 2.45) is 16.6 Å². The standard InChI is InChI=1S/C18H17N3O5S2/c1-25-12-5-2-4-11(8-12)13-6-3-7-16-14(13)9-17(27-16)15(22)10-28(23,24)26-21-18(19)20/h2-9H,10H2,1H3,(H4,19,20,21). The second-order valence-corrected chi connectivity index (χ2v) is 8.41. The summed E-state index contributed by atoms with van der Waals surface area (Å²) >= 11 is 1.20. The molecule has 0 fully saturated rings. The SMILES string of the molecule is COc1cccc(-c2cccc3sc(C(=O)CS(=O)(=O)ON=C(N)N)cc23)c1. The highest BCUT2D eigenvalue weighted by Crippen LogP contribution is 2.35. The van der Waals surface area contributed by atoms with Gasteiger partial charge < -0.3 is 16.2 Å². The van der Waals surface area contributed by atoms with E-state index in [1.807, 2.05) is 42.5 Å². The monoisotopic (exact) mass is 419 g/mol. The molecule has 10 heteroatoms. The van der Waals surface area contributed by atoms with Crippen molar-refractivity contribution >= 4 is 43.3 Å². The molecule has 0 bridgehead atoms. The molecule has 0 amide bonds. The lowest BCUT2D eigenvalue weighted by atomic mass is 10.0. The van der Waals surface area contributed by atoms with Gasteiger partial charge in [0, 0.05) is 10.1 Å². The minimum Gasteiger partial charge on any atom is -0.497 e. The molecule has 0 radical (unpaired) electrons. The number of benzene rings is 2. The third kappa shape index (κ3) is 4.41. The molecule has 146 valence electrons. The van der Waals surface area contributed by atoms with Gasteiger partial charge in [-0.3, -0.25) is 9.08 Å². The Hall–Kier alpha value is -3.11. The van der Waals surface area contributed by atoms with E-state index >= 15 is 0 Å². The molecule has 8 nitrogen and oxygen atoms in total. The van der Waals surface area contributed by atoms with Crippen molar-refractivity contribution in [1.29, 1.82) is 0 Å². The van der Waals surface area contributed by atoms with Crippen molar-refractivity contribution in [3.05, 3.63) is 53.4 Å². The first-order valence-corrected chi connectivity index (χ1v) is 10.4. The molecule has 2 aromatic carbocycles. The topological polar surface area (TPSA) is 134 Å². The number of nitrogens with zero attached hydrogens (tertiary/aromatic N) is 1. The van der Waals surface area contributed by atoms with Gasteiger partial charge in [0.1, 0.15) is 5.75 Å². The summed E-state index contributed by atoms with van der Waals surface area (Å²) in [4.78, 5) is 12.7. The number of Topliss-reactive ketones (excluding diaryl/α,β-unsaturated/α-hetero) is 1. The second kappa shape index (κ2) is 7.87. The van der Waals surface area contributed by atoms with Gasteiger partial charge in [0.2, 0.25) is 5.96 Å². The number of guanidine groups is 1. The van der Waals surface area contributed by atoms with Gasteiger partial charge >= 0.3 is 10.1 Å². The van der Waals surface area contributed by atoms with E-state index in [1.54, 1.807) is 13.2 Å². The summed E-state index contributed by atoms with van der Waals surface area (Å²) in [6.45, 7) is 0. The molecule has 28 heavy (non-hydrogen) atoms. The Balaban J connectivity index is 1.94. The number of thiophene rings is 1. The Labute approximate surface area is 165 Å². The smallest absolute Gasteiger partial charge is 0.336 e. The molecular weight excluding hydrogens is 402 g/mol. The Bertz CT molecular complexity index is 1160. The number of fused-ring (bicyclic) bond motifs is 1. The van der Waals surface area contributed by atoms with Gasteiger partial charge in [0.15, 0.2) is 11.5 Å². The molecule has 0 aliphatic carbocycles. The fourth-order valence-electron chi connectivity index (χ4n) is 2.60. The van der Waals surface area contributed by atoms with Crippen molar-refractivity contribution in [2.45, 2.75) is 0 Å². The first-order valence-electron chi connectivity index (χ1n) is 7.99. The molecule has 3 aromatic rings. The van der Waals surface area contributed by atoms with E-state index in [4.69, 9.17) is 16.2 Å². The van der Waals surface area contributed by atoms with Crippen LogP contribution in [0.3, 0.4) is 0 Å². The van der Waals surface area contributed by atoms with E-state index in [9.17, 15) is 13.2 Å².